The number of benzene rings is 2. The molecule has 0 unspecified atom stereocenters. The molecule has 28 heavy (non-hydrogen) atoms. The molecule has 5 heteroatoms. The first-order chi connectivity index (χ1) is 13.6. The van der Waals surface area contributed by atoms with Crippen molar-refractivity contribution in [2.75, 3.05) is 11.8 Å². The highest BCUT2D eigenvalue weighted by molar-refractivity contribution is 7.92. The average Bonchev–Trinajstić information content (AvgIpc) is 2.88. The summed E-state index contributed by atoms with van der Waals surface area (Å²) in [5, 5.41) is 0. The molecule has 0 aromatic heterocycles. The number of sulfonamides is 1. The van der Waals surface area contributed by atoms with Crippen molar-refractivity contribution in [3.63, 3.8) is 0 Å². The number of ether oxygens (including phenoxy) is 1. The third-order valence-corrected chi connectivity index (χ3v) is 5.95. The molecule has 2 aromatic carbocycles. The lowest BCUT2D eigenvalue weighted by Crippen LogP contribution is -2.12. The van der Waals surface area contributed by atoms with Crippen LogP contribution < -0.4 is 9.46 Å². The van der Waals surface area contributed by atoms with Crippen molar-refractivity contribution in [1.82, 2.24) is 0 Å². The molecule has 0 saturated carbocycles. The Morgan fingerprint density at radius 3 is 2.18 bits per heavy atom. The molecule has 4 nitrogen and oxygen atoms in total. The zero-order valence-electron chi connectivity index (χ0n) is 15.3. The van der Waals surface area contributed by atoms with E-state index in [1.165, 1.54) is 0 Å². The van der Waals surface area contributed by atoms with Gasteiger partial charge in [-0.2, -0.15) is 0 Å². The molecule has 0 amide bonds. The molecule has 2 aliphatic carbocycles. The van der Waals surface area contributed by atoms with E-state index in [1.54, 1.807) is 37.4 Å². The Morgan fingerprint density at radius 1 is 0.750 bits per heavy atom. The highest BCUT2D eigenvalue weighted by atomic mass is 32.2. The maximum absolute atomic E-state index is 12.9. The summed E-state index contributed by atoms with van der Waals surface area (Å²) in [5.41, 5.74) is 4.16. The van der Waals surface area contributed by atoms with Crippen LogP contribution in [-0.4, -0.2) is 15.5 Å². The normalized spacial score (nSPS) is 11.3. The Balaban J connectivity index is 1.90. The van der Waals surface area contributed by atoms with Crippen LogP contribution in [0, 0.1) is 0 Å². The van der Waals surface area contributed by atoms with E-state index < -0.39 is 10.0 Å². The second-order valence-electron chi connectivity index (χ2n) is 6.36. The number of hydrogen-bond acceptors (Lipinski definition) is 3. The van der Waals surface area contributed by atoms with E-state index in [9.17, 15) is 8.42 Å². The van der Waals surface area contributed by atoms with E-state index in [0.29, 0.717) is 11.4 Å². The number of hydrogen-bond donors (Lipinski definition) is 1. The van der Waals surface area contributed by atoms with Gasteiger partial charge < -0.3 is 4.74 Å². The van der Waals surface area contributed by atoms with Gasteiger partial charge in [-0.05, 0) is 47.0 Å². The van der Waals surface area contributed by atoms with E-state index in [4.69, 9.17) is 4.74 Å². The maximum atomic E-state index is 12.9. The lowest BCUT2D eigenvalue weighted by molar-refractivity contribution is 0.415. The van der Waals surface area contributed by atoms with Crippen molar-refractivity contribution in [3.8, 4) is 28.0 Å². The Kier molecular flexibility index (Phi) is 4.75. The minimum Gasteiger partial charge on any atom is -0.497 e. The van der Waals surface area contributed by atoms with Gasteiger partial charge in [0.15, 0.2) is 0 Å². The molecule has 140 valence electrons. The molecule has 0 atom stereocenters. The molecule has 0 bridgehead atoms. The van der Waals surface area contributed by atoms with Crippen molar-refractivity contribution in [3.05, 3.63) is 91.0 Å². The predicted octanol–water partition coefficient (Wildman–Crippen LogP) is 5.27. The molecular weight excluding hydrogens is 370 g/mol. The van der Waals surface area contributed by atoms with Crippen molar-refractivity contribution < 1.29 is 13.2 Å². The monoisotopic (exact) mass is 389 g/mol. The summed E-state index contributed by atoms with van der Waals surface area (Å²) in [4.78, 5) is 0.224. The van der Waals surface area contributed by atoms with Crippen molar-refractivity contribution in [1.29, 1.82) is 0 Å². The van der Waals surface area contributed by atoms with E-state index in [0.717, 1.165) is 22.3 Å². The first-order valence-electron chi connectivity index (χ1n) is 8.82. The third-order valence-electron chi connectivity index (χ3n) is 4.57. The summed E-state index contributed by atoms with van der Waals surface area (Å²) in [7, 11) is -2.09. The fourth-order valence-corrected chi connectivity index (χ4v) is 4.34. The quantitative estimate of drug-likeness (QED) is 0.506. The predicted molar refractivity (Wildman–Crippen MR) is 112 cm³/mol. The largest absolute Gasteiger partial charge is 0.497 e. The molecule has 0 heterocycles. The molecule has 2 aliphatic rings. The minimum absolute atomic E-state index is 0.224. The van der Waals surface area contributed by atoms with E-state index >= 15 is 0 Å². The van der Waals surface area contributed by atoms with Gasteiger partial charge >= 0.3 is 0 Å². The van der Waals surface area contributed by atoms with E-state index in [1.807, 2.05) is 60.7 Å². The Labute approximate surface area is 164 Å². The van der Waals surface area contributed by atoms with Crippen LogP contribution >= 0.6 is 0 Å². The van der Waals surface area contributed by atoms with Gasteiger partial charge in [0.25, 0.3) is 10.0 Å². The van der Waals surface area contributed by atoms with E-state index in [-0.39, 0.29) is 4.90 Å². The number of rotatable bonds is 5. The Morgan fingerprint density at radius 2 is 1.43 bits per heavy atom. The first kappa shape index (κ1) is 18.1. The molecule has 0 radical (unpaired) electrons. The molecule has 0 aliphatic heterocycles. The van der Waals surface area contributed by atoms with Crippen LogP contribution in [0.15, 0.2) is 95.9 Å². The summed E-state index contributed by atoms with van der Waals surface area (Å²) in [6.07, 6.45) is 0. The van der Waals surface area contributed by atoms with Crippen LogP contribution in [0.5, 0.6) is 5.75 Å². The highest BCUT2D eigenvalue weighted by Crippen LogP contribution is 2.43. The molecule has 0 saturated heterocycles. The second-order valence-corrected chi connectivity index (χ2v) is 8.05. The van der Waals surface area contributed by atoms with Gasteiger partial charge in [0.1, 0.15) is 5.75 Å². The number of fused-ring (bicyclic) bond motifs is 1. The summed E-state index contributed by atoms with van der Waals surface area (Å²) < 4.78 is 33.9. The van der Waals surface area contributed by atoms with Crippen LogP contribution in [0.2, 0.25) is 0 Å². The summed E-state index contributed by atoms with van der Waals surface area (Å²) in [5.74, 6) is 0.712. The van der Waals surface area contributed by atoms with Crippen LogP contribution in [-0.2, 0) is 10.0 Å². The van der Waals surface area contributed by atoms with Crippen molar-refractivity contribution >= 4 is 15.7 Å². The smallest absolute Gasteiger partial charge is 0.261 e. The fourth-order valence-electron chi connectivity index (χ4n) is 3.26. The standard InChI is InChI=1S/C23H19NO3S/c1-27-19-11-8-10-18(15-19)23-21-14-7-2-4-9-17(21)16-22(23)24-28(25,26)20-12-5-3-6-13-20/h2-16,24H,1H3. The van der Waals surface area contributed by atoms with Gasteiger partial charge in [0, 0.05) is 5.56 Å². The van der Waals surface area contributed by atoms with Crippen LogP contribution in [0.3, 0.4) is 0 Å². The zero-order chi connectivity index (χ0) is 19.6. The SMILES string of the molecule is COc1cccc(-c2c(NS(=O)(=O)c3ccccc3)cc3cccccc2-3)c1. The van der Waals surface area contributed by atoms with Crippen molar-refractivity contribution in [2.45, 2.75) is 4.90 Å². The van der Waals surface area contributed by atoms with Crippen LogP contribution in [0.25, 0.3) is 22.3 Å². The summed E-state index contributed by atoms with van der Waals surface area (Å²) >= 11 is 0. The second kappa shape index (κ2) is 7.37. The van der Waals surface area contributed by atoms with Gasteiger partial charge in [0.05, 0.1) is 17.7 Å². The number of nitrogens with one attached hydrogen (secondary N) is 1. The van der Waals surface area contributed by atoms with Gasteiger partial charge in [-0.1, -0.05) is 60.7 Å². The molecule has 4 rings (SSSR count). The number of anilines is 1. The lowest BCUT2D eigenvalue weighted by atomic mass is 10.0. The van der Waals surface area contributed by atoms with Gasteiger partial charge in [-0.3, -0.25) is 4.72 Å². The van der Waals surface area contributed by atoms with Gasteiger partial charge in [-0.15, -0.1) is 0 Å². The van der Waals surface area contributed by atoms with Gasteiger partial charge in [0.2, 0.25) is 0 Å². The summed E-state index contributed by atoms with van der Waals surface area (Å²) in [6.45, 7) is 0. The molecule has 0 fully saturated rings. The molecule has 2 aromatic rings. The number of methoxy groups -OCH3 is 1. The Hall–Kier alpha value is -3.31. The third kappa shape index (κ3) is 3.44. The lowest BCUT2D eigenvalue weighted by Gasteiger charge is -2.11. The van der Waals surface area contributed by atoms with Crippen LogP contribution in [0.4, 0.5) is 5.69 Å². The Bertz CT molecular complexity index is 1190. The molecular formula is C23H19NO3S. The summed E-state index contributed by atoms with van der Waals surface area (Å²) in [6, 6.07) is 27.6. The fraction of sp³-hybridized carbons (Fsp3) is 0.0435. The highest BCUT2D eigenvalue weighted by Gasteiger charge is 2.22. The van der Waals surface area contributed by atoms with Crippen molar-refractivity contribution in [2.24, 2.45) is 0 Å². The zero-order valence-corrected chi connectivity index (χ0v) is 16.1. The molecule has 1 N–H and O–H groups in total. The van der Waals surface area contributed by atoms with Crippen LogP contribution in [0.1, 0.15) is 0 Å². The maximum Gasteiger partial charge on any atom is 0.261 e. The van der Waals surface area contributed by atoms with E-state index in [2.05, 4.69) is 4.72 Å². The topological polar surface area (TPSA) is 55.4 Å². The van der Waals surface area contributed by atoms with Gasteiger partial charge in [-0.25, -0.2) is 8.42 Å². The average molecular weight is 389 g/mol. The minimum atomic E-state index is -3.71. The first-order valence-corrected chi connectivity index (χ1v) is 10.3. The molecule has 0 spiro atoms.